The molecular weight excluding hydrogens is 358 g/mol. The lowest BCUT2D eigenvalue weighted by molar-refractivity contribution is 0.134. The highest BCUT2D eigenvalue weighted by atomic mass is 16.5. The molecule has 1 aliphatic heterocycles. The Balaban J connectivity index is 1.74. The summed E-state index contributed by atoms with van der Waals surface area (Å²) in [5, 5.41) is 12.6. The van der Waals surface area contributed by atoms with Gasteiger partial charge in [-0.25, -0.2) is 4.98 Å². The van der Waals surface area contributed by atoms with Crippen LogP contribution in [0.1, 0.15) is 12.0 Å². The quantitative estimate of drug-likeness (QED) is 0.707. The van der Waals surface area contributed by atoms with Crippen molar-refractivity contribution in [1.82, 2.24) is 14.9 Å². The Bertz CT molecular complexity index is 751. The zero-order chi connectivity index (χ0) is 19.9. The van der Waals surface area contributed by atoms with Gasteiger partial charge in [-0.2, -0.15) is 4.98 Å². The zero-order valence-corrected chi connectivity index (χ0v) is 16.8. The first-order valence-corrected chi connectivity index (χ1v) is 9.49. The van der Waals surface area contributed by atoms with Crippen LogP contribution in [-0.2, 0) is 6.54 Å². The van der Waals surface area contributed by atoms with E-state index in [9.17, 15) is 5.11 Å². The second-order valence-corrected chi connectivity index (χ2v) is 6.80. The van der Waals surface area contributed by atoms with Crippen LogP contribution in [0, 0.1) is 0 Å². The largest absolute Gasteiger partial charge is 0.497 e. The van der Waals surface area contributed by atoms with E-state index in [1.807, 2.05) is 31.3 Å². The number of ether oxygens (including phenoxy) is 2. The van der Waals surface area contributed by atoms with E-state index in [2.05, 4.69) is 25.1 Å². The van der Waals surface area contributed by atoms with Gasteiger partial charge in [-0.05, 0) is 30.2 Å². The van der Waals surface area contributed by atoms with E-state index in [0.29, 0.717) is 6.42 Å². The first-order valence-electron chi connectivity index (χ1n) is 9.49. The Morgan fingerprint density at radius 3 is 2.57 bits per heavy atom. The molecule has 152 valence electrons. The fourth-order valence-corrected chi connectivity index (χ4v) is 3.54. The molecule has 1 atom stereocenters. The number of methoxy groups -OCH3 is 2. The molecule has 8 nitrogen and oxygen atoms in total. The maximum atomic E-state index is 9.58. The zero-order valence-electron chi connectivity index (χ0n) is 16.8. The van der Waals surface area contributed by atoms with Gasteiger partial charge in [0.1, 0.15) is 17.3 Å². The Morgan fingerprint density at radius 2 is 1.93 bits per heavy atom. The summed E-state index contributed by atoms with van der Waals surface area (Å²) in [7, 11) is 5.16. The molecule has 0 bridgehead atoms. The van der Waals surface area contributed by atoms with Crippen molar-refractivity contribution in [3.05, 3.63) is 36.0 Å². The fraction of sp³-hybridized carbons (Fsp3) is 0.500. The van der Waals surface area contributed by atoms with Gasteiger partial charge in [-0.1, -0.05) is 0 Å². The molecule has 1 aromatic heterocycles. The van der Waals surface area contributed by atoms with Crippen LogP contribution >= 0.6 is 0 Å². The third-order valence-electron chi connectivity index (χ3n) is 5.05. The number of aromatic nitrogens is 2. The molecule has 0 unspecified atom stereocenters. The lowest BCUT2D eigenvalue weighted by atomic mass is 10.1. The van der Waals surface area contributed by atoms with E-state index in [0.717, 1.165) is 55.0 Å². The molecule has 1 aliphatic rings. The molecule has 2 heterocycles. The molecule has 2 N–H and O–H groups in total. The van der Waals surface area contributed by atoms with E-state index in [4.69, 9.17) is 9.47 Å². The Kier molecular flexibility index (Phi) is 6.89. The first-order chi connectivity index (χ1) is 13.7. The Labute approximate surface area is 166 Å². The molecule has 28 heavy (non-hydrogen) atoms. The third-order valence-corrected chi connectivity index (χ3v) is 5.05. The molecule has 0 radical (unpaired) electrons. The van der Waals surface area contributed by atoms with Crippen molar-refractivity contribution in [3.63, 3.8) is 0 Å². The molecule has 2 aromatic rings. The Hall–Kier alpha value is -2.58. The van der Waals surface area contributed by atoms with Crippen molar-refractivity contribution >= 4 is 11.8 Å². The minimum absolute atomic E-state index is 0.147. The summed E-state index contributed by atoms with van der Waals surface area (Å²) in [5.41, 5.74) is 1.13. The second kappa shape index (κ2) is 9.57. The first kappa shape index (κ1) is 20.2. The van der Waals surface area contributed by atoms with Crippen LogP contribution < -0.4 is 19.7 Å². The maximum absolute atomic E-state index is 9.58. The van der Waals surface area contributed by atoms with Crippen LogP contribution in [0.4, 0.5) is 11.8 Å². The number of rotatable bonds is 8. The number of hydrogen-bond acceptors (Lipinski definition) is 8. The molecule has 1 aromatic carbocycles. The van der Waals surface area contributed by atoms with Crippen LogP contribution in [0.5, 0.6) is 11.5 Å². The molecular formula is C20H29N5O3. The summed E-state index contributed by atoms with van der Waals surface area (Å²) in [4.78, 5) is 13.6. The predicted molar refractivity (Wildman–Crippen MR) is 109 cm³/mol. The second-order valence-electron chi connectivity index (χ2n) is 6.80. The van der Waals surface area contributed by atoms with E-state index in [-0.39, 0.29) is 12.6 Å². The molecule has 1 saturated heterocycles. The summed E-state index contributed by atoms with van der Waals surface area (Å²) in [6.45, 7) is 3.37. The van der Waals surface area contributed by atoms with E-state index in [1.54, 1.807) is 20.4 Å². The van der Waals surface area contributed by atoms with Crippen molar-refractivity contribution in [2.45, 2.75) is 19.0 Å². The van der Waals surface area contributed by atoms with Gasteiger partial charge in [-0.3, -0.25) is 4.90 Å². The fourth-order valence-electron chi connectivity index (χ4n) is 3.54. The molecule has 0 aliphatic carbocycles. The number of piperazine rings is 1. The molecule has 1 fully saturated rings. The van der Waals surface area contributed by atoms with Crippen molar-refractivity contribution in [2.75, 3.05) is 57.7 Å². The predicted octanol–water partition coefficient (Wildman–Crippen LogP) is 1.61. The molecule has 0 amide bonds. The summed E-state index contributed by atoms with van der Waals surface area (Å²) in [5.74, 6) is 3.08. The number of aliphatic hydroxyl groups excluding tert-OH is 1. The highest BCUT2D eigenvalue weighted by Crippen LogP contribution is 2.26. The maximum Gasteiger partial charge on any atom is 0.227 e. The summed E-state index contributed by atoms with van der Waals surface area (Å²) in [6, 6.07) is 7.99. The lowest BCUT2D eigenvalue weighted by Crippen LogP contribution is -2.53. The van der Waals surface area contributed by atoms with E-state index >= 15 is 0 Å². The van der Waals surface area contributed by atoms with Gasteiger partial charge in [0.05, 0.1) is 14.2 Å². The van der Waals surface area contributed by atoms with E-state index in [1.165, 1.54) is 0 Å². The monoisotopic (exact) mass is 387 g/mol. The van der Waals surface area contributed by atoms with Crippen LogP contribution in [-0.4, -0.2) is 73.5 Å². The number of anilines is 2. The van der Waals surface area contributed by atoms with Gasteiger partial charge in [0.15, 0.2) is 0 Å². The average Bonchev–Trinajstić information content (AvgIpc) is 2.74. The summed E-state index contributed by atoms with van der Waals surface area (Å²) >= 11 is 0. The minimum atomic E-state index is 0.147. The van der Waals surface area contributed by atoms with Gasteiger partial charge >= 0.3 is 0 Å². The van der Waals surface area contributed by atoms with Gasteiger partial charge in [0.2, 0.25) is 5.95 Å². The average molecular weight is 387 g/mol. The standard InChI is InChI=1S/C20H29N5O3/c1-21-19-4-6-22-20(23-19)25-8-7-24(16(14-25)5-9-26)13-15-10-17(27-2)12-18(11-15)28-3/h4,6,10-12,16,26H,5,7-9,13-14H2,1-3H3,(H,21,22,23)/t16-/m1/s1. The van der Waals surface area contributed by atoms with Gasteiger partial charge in [0, 0.05) is 58.1 Å². The SMILES string of the molecule is CNc1ccnc(N2CCN(Cc3cc(OC)cc(OC)c3)[C@H](CCO)C2)n1. The lowest BCUT2D eigenvalue weighted by Gasteiger charge is -2.41. The van der Waals surface area contributed by atoms with Crippen molar-refractivity contribution in [3.8, 4) is 11.5 Å². The van der Waals surface area contributed by atoms with Gasteiger partial charge in [-0.15, -0.1) is 0 Å². The van der Waals surface area contributed by atoms with Crippen LogP contribution in [0.15, 0.2) is 30.5 Å². The number of hydrogen-bond donors (Lipinski definition) is 2. The number of aliphatic hydroxyl groups is 1. The highest BCUT2D eigenvalue weighted by Gasteiger charge is 2.28. The smallest absolute Gasteiger partial charge is 0.227 e. The van der Waals surface area contributed by atoms with Crippen molar-refractivity contribution in [1.29, 1.82) is 0 Å². The third kappa shape index (κ3) is 4.82. The number of benzene rings is 1. The minimum Gasteiger partial charge on any atom is -0.497 e. The highest BCUT2D eigenvalue weighted by molar-refractivity contribution is 5.41. The van der Waals surface area contributed by atoms with Crippen LogP contribution in [0.3, 0.4) is 0 Å². The molecule has 3 rings (SSSR count). The van der Waals surface area contributed by atoms with Crippen LogP contribution in [0.2, 0.25) is 0 Å². The molecule has 0 saturated carbocycles. The topological polar surface area (TPSA) is 83.0 Å². The molecule has 0 spiro atoms. The van der Waals surface area contributed by atoms with Gasteiger partial charge in [0.25, 0.3) is 0 Å². The summed E-state index contributed by atoms with van der Waals surface area (Å²) < 4.78 is 10.8. The van der Waals surface area contributed by atoms with Crippen molar-refractivity contribution in [2.24, 2.45) is 0 Å². The van der Waals surface area contributed by atoms with Crippen LogP contribution in [0.25, 0.3) is 0 Å². The Morgan fingerprint density at radius 1 is 1.18 bits per heavy atom. The van der Waals surface area contributed by atoms with E-state index < -0.39 is 0 Å². The number of nitrogens with zero attached hydrogens (tertiary/aromatic N) is 4. The number of nitrogens with one attached hydrogen (secondary N) is 1. The normalized spacial score (nSPS) is 17.4. The van der Waals surface area contributed by atoms with Crippen molar-refractivity contribution < 1.29 is 14.6 Å². The van der Waals surface area contributed by atoms with Gasteiger partial charge < -0.3 is 24.8 Å². The molecule has 8 heteroatoms. The summed E-state index contributed by atoms with van der Waals surface area (Å²) in [6.07, 6.45) is 2.47.